The molecule has 1 aromatic carbocycles. The van der Waals surface area contributed by atoms with Crippen LogP contribution in [0, 0.1) is 0 Å². The third-order valence-electron chi connectivity index (χ3n) is 2.85. The van der Waals surface area contributed by atoms with Gasteiger partial charge in [0, 0.05) is 13.6 Å². The maximum absolute atomic E-state index is 12.1. The minimum atomic E-state index is -3.39. The van der Waals surface area contributed by atoms with Crippen molar-refractivity contribution in [2.75, 3.05) is 24.4 Å². The van der Waals surface area contributed by atoms with Crippen molar-refractivity contribution in [3.05, 3.63) is 30.3 Å². The molecule has 0 aliphatic carbocycles. The summed E-state index contributed by atoms with van der Waals surface area (Å²) in [6.07, 6.45) is 0. The Hall–Kier alpha value is -1.11. The monoisotopic (exact) mass is 241 g/mol. The zero-order chi connectivity index (χ0) is 11.8. The Morgan fingerprint density at radius 3 is 2.50 bits per heavy atom. The van der Waals surface area contributed by atoms with Crippen LogP contribution < -0.4 is 10.0 Å². The number of hydrogen-bond donors (Lipinski definition) is 1. The fourth-order valence-corrected chi connectivity index (χ4v) is 3.39. The zero-order valence-corrected chi connectivity index (χ0v) is 9.89. The van der Waals surface area contributed by atoms with E-state index in [1.807, 2.05) is 18.2 Å². The molecule has 88 valence electrons. The Kier molecular flexibility index (Phi) is 2.88. The van der Waals surface area contributed by atoms with Crippen LogP contribution in [0.15, 0.2) is 30.3 Å². The van der Waals surface area contributed by atoms with E-state index in [4.69, 9.17) is 5.73 Å². The van der Waals surface area contributed by atoms with Crippen LogP contribution in [0.1, 0.15) is 0 Å². The van der Waals surface area contributed by atoms with Gasteiger partial charge < -0.3 is 5.73 Å². The molecular weight excluding hydrogens is 226 g/mol. The van der Waals surface area contributed by atoms with Crippen LogP contribution in [0.2, 0.25) is 0 Å². The Balaban J connectivity index is 2.38. The number of likely N-dealkylation sites (N-methyl/N-ethyl adjacent to an activating group) is 1. The van der Waals surface area contributed by atoms with Crippen LogP contribution >= 0.6 is 0 Å². The quantitative estimate of drug-likeness (QED) is 0.793. The van der Waals surface area contributed by atoms with Gasteiger partial charge in [-0.1, -0.05) is 18.2 Å². The summed E-state index contributed by atoms with van der Waals surface area (Å²) >= 11 is 0. The summed E-state index contributed by atoms with van der Waals surface area (Å²) in [5.74, 6) is 0. The van der Waals surface area contributed by atoms with Gasteiger partial charge in [0.2, 0.25) is 0 Å². The molecular formula is C10H15N3O2S. The van der Waals surface area contributed by atoms with Gasteiger partial charge in [-0.15, -0.1) is 0 Å². The van der Waals surface area contributed by atoms with Crippen molar-refractivity contribution in [2.24, 2.45) is 5.73 Å². The topological polar surface area (TPSA) is 66.6 Å². The highest BCUT2D eigenvalue weighted by Crippen LogP contribution is 2.26. The number of nitrogens with zero attached hydrogens (tertiary/aromatic N) is 2. The number of hydrogen-bond acceptors (Lipinski definition) is 3. The Morgan fingerprint density at radius 1 is 1.38 bits per heavy atom. The molecule has 2 rings (SSSR count). The molecule has 6 heteroatoms. The minimum Gasteiger partial charge on any atom is -0.329 e. The van der Waals surface area contributed by atoms with Gasteiger partial charge in [0.05, 0.1) is 18.3 Å². The highest BCUT2D eigenvalue weighted by Gasteiger charge is 2.40. The van der Waals surface area contributed by atoms with Gasteiger partial charge in [-0.3, -0.25) is 4.31 Å². The summed E-state index contributed by atoms with van der Waals surface area (Å²) in [6, 6.07) is 8.91. The van der Waals surface area contributed by atoms with E-state index < -0.39 is 10.2 Å². The molecule has 0 amide bonds. The average molecular weight is 241 g/mol. The van der Waals surface area contributed by atoms with E-state index in [0.29, 0.717) is 18.8 Å². The van der Waals surface area contributed by atoms with E-state index in [1.165, 1.54) is 8.61 Å². The largest absolute Gasteiger partial charge is 0.329 e. The zero-order valence-electron chi connectivity index (χ0n) is 9.07. The lowest BCUT2D eigenvalue weighted by Gasteiger charge is -2.17. The second kappa shape index (κ2) is 4.04. The molecule has 1 aliphatic rings. The summed E-state index contributed by atoms with van der Waals surface area (Å²) in [6.45, 7) is 0.748. The van der Waals surface area contributed by atoms with Gasteiger partial charge >= 0.3 is 10.2 Å². The number of benzene rings is 1. The summed E-state index contributed by atoms with van der Waals surface area (Å²) < 4.78 is 26.8. The molecule has 16 heavy (non-hydrogen) atoms. The molecule has 5 nitrogen and oxygen atoms in total. The number of anilines is 1. The summed E-state index contributed by atoms with van der Waals surface area (Å²) in [7, 11) is -1.83. The van der Waals surface area contributed by atoms with E-state index >= 15 is 0 Å². The van der Waals surface area contributed by atoms with Crippen LogP contribution in [-0.2, 0) is 10.2 Å². The fraction of sp³-hybridized carbons (Fsp3) is 0.400. The normalized spacial score (nSPS) is 24.9. The van der Waals surface area contributed by atoms with E-state index in [-0.39, 0.29) is 6.04 Å². The summed E-state index contributed by atoms with van der Waals surface area (Å²) in [4.78, 5) is 0. The molecule has 0 aromatic heterocycles. The van der Waals surface area contributed by atoms with Crippen molar-refractivity contribution in [2.45, 2.75) is 6.04 Å². The molecule has 0 bridgehead atoms. The number of nitrogens with two attached hydrogens (primary N) is 1. The predicted molar refractivity (Wildman–Crippen MR) is 63.3 cm³/mol. The van der Waals surface area contributed by atoms with E-state index in [1.54, 1.807) is 19.2 Å². The van der Waals surface area contributed by atoms with Gasteiger partial charge in [-0.05, 0) is 12.1 Å². The van der Waals surface area contributed by atoms with Crippen molar-refractivity contribution in [1.82, 2.24) is 4.31 Å². The second-order valence-corrected chi connectivity index (χ2v) is 5.69. The maximum Gasteiger partial charge on any atom is 0.304 e. The van der Waals surface area contributed by atoms with Crippen LogP contribution in [-0.4, -0.2) is 38.9 Å². The number of para-hydroxylation sites is 1. The Bertz CT molecular complexity index is 460. The lowest BCUT2D eigenvalue weighted by atomic mass is 10.2. The van der Waals surface area contributed by atoms with E-state index in [9.17, 15) is 8.42 Å². The van der Waals surface area contributed by atoms with Crippen LogP contribution in [0.3, 0.4) is 0 Å². The van der Waals surface area contributed by atoms with Crippen LogP contribution in [0.4, 0.5) is 5.69 Å². The van der Waals surface area contributed by atoms with Gasteiger partial charge in [-0.2, -0.15) is 12.7 Å². The highest BCUT2D eigenvalue weighted by atomic mass is 32.2. The van der Waals surface area contributed by atoms with Crippen molar-refractivity contribution >= 4 is 15.9 Å². The third kappa shape index (κ3) is 1.68. The SMILES string of the molecule is CN1[C@H](CN)CN(c2ccccc2)S1(=O)=O. The molecule has 0 saturated carbocycles. The molecule has 1 fully saturated rings. The van der Waals surface area contributed by atoms with Crippen molar-refractivity contribution in [1.29, 1.82) is 0 Å². The Morgan fingerprint density at radius 2 is 2.00 bits per heavy atom. The lowest BCUT2D eigenvalue weighted by molar-refractivity contribution is 0.417. The van der Waals surface area contributed by atoms with E-state index in [0.717, 1.165) is 0 Å². The fourth-order valence-electron chi connectivity index (χ4n) is 1.80. The molecule has 1 atom stereocenters. The lowest BCUT2D eigenvalue weighted by Crippen LogP contribution is -2.36. The number of rotatable bonds is 2. The molecule has 1 heterocycles. The smallest absolute Gasteiger partial charge is 0.304 e. The molecule has 1 aromatic rings. The maximum atomic E-state index is 12.1. The van der Waals surface area contributed by atoms with Gasteiger partial charge in [0.25, 0.3) is 0 Å². The summed E-state index contributed by atoms with van der Waals surface area (Å²) in [5.41, 5.74) is 6.24. The van der Waals surface area contributed by atoms with Crippen molar-refractivity contribution < 1.29 is 8.42 Å². The highest BCUT2D eigenvalue weighted by molar-refractivity contribution is 7.90. The van der Waals surface area contributed by atoms with Crippen molar-refractivity contribution in [3.8, 4) is 0 Å². The first-order valence-electron chi connectivity index (χ1n) is 5.08. The molecule has 1 saturated heterocycles. The second-order valence-electron chi connectivity index (χ2n) is 3.78. The van der Waals surface area contributed by atoms with Crippen LogP contribution in [0.5, 0.6) is 0 Å². The molecule has 0 radical (unpaired) electrons. The predicted octanol–water partition coefficient (Wildman–Crippen LogP) is 0.0105. The Labute approximate surface area is 95.6 Å². The molecule has 2 N–H and O–H groups in total. The van der Waals surface area contributed by atoms with Gasteiger partial charge in [0.1, 0.15) is 0 Å². The minimum absolute atomic E-state index is 0.148. The first-order chi connectivity index (χ1) is 7.57. The first-order valence-corrected chi connectivity index (χ1v) is 6.48. The van der Waals surface area contributed by atoms with Crippen molar-refractivity contribution in [3.63, 3.8) is 0 Å². The third-order valence-corrected chi connectivity index (χ3v) is 4.79. The standard InChI is InChI=1S/C10H15N3O2S/c1-12-10(7-11)8-13(16(12,14)15)9-5-3-2-4-6-9/h2-6,10H,7-8,11H2,1H3/t10-/m1/s1. The first kappa shape index (κ1) is 11.4. The van der Waals surface area contributed by atoms with Crippen LogP contribution in [0.25, 0.3) is 0 Å². The molecule has 0 unspecified atom stereocenters. The molecule has 1 aliphatic heterocycles. The van der Waals surface area contributed by atoms with E-state index in [2.05, 4.69) is 0 Å². The van der Waals surface area contributed by atoms with Gasteiger partial charge in [0.15, 0.2) is 0 Å². The average Bonchev–Trinajstić information content (AvgIpc) is 2.52. The van der Waals surface area contributed by atoms with Gasteiger partial charge in [-0.25, -0.2) is 0 Å². The summed E-state index contributed by atoms with van der Waals surface area (Å²) in [5, 5.41) is 0. The molecule has 0 spiro atoms.